The fourth-order valence-corrected chi connectivity index (χ4v) is 1.34. The predicted octanol–water partition coefficient (Wildman–Crippen LogP) is 2.03. The average molecular weight is 141 g/mol. The standard InChI is InChI=1S/C9H19N/c1-4-8-5-9(8)10-6-7(2)3/h7-10H,4-6H2,1-3H3. The minimum atomic E-state index is 0.804. The van der Waals surface area contributed by atoms with E-state index in [0.717, 1.165) is 17.9 Å². The van der Waals surface area contributed by atoms with Crippen molar-refractivity contribution in [3.63, 3.8) is 0 Å². The molecular formula is C9H19N. The van der Waals surface area contributed by atoms with Gasteiger partial charge < -0.3 is 5.32 Å². The molecule has 0 aromatic carbocycles. The summed E-state index contributed by atoms with van der Waals surface area (Å²) < 4.78 is 0. The monoisotopic (exact) mass is 141 g/mol. The van der Waals surface area contributed by atoms with E-state index in [1.807, 2.05) is 0 Å². The van der Waals surface area contributed by atoms with E-state index in [2.05, 4.69) is 26.1 Å². The van der Waals surface area contributed by atoms with Crippen molar-refractivity contribution in [3.8, 4) is 0 Å². The molecule has 0 bridgehead atoms. The van der Waals surface area contributed by atoms with Crippen molar-refractivity contribution in [1.29, 1.82) is 0 Å². The molecule has 0 spiro atoms. The van der Waals surface area contributed by atoms with Gasteiger partial charge >= 0.3 is 0 Å². The van der Waals surface area contributed by atoms with E-state index in [-0.39, 0.29) is 0 Å². The van der Waals surface area contributed by atoms with E-state index in [4.69, 9.17) is 0 Å². The zero-order valence-electron chi connectivity index (χ0n) is 7.35. The van der Waals surface area contributed by atoms with Crippen LogP contribution in [0.5, 0.6) is 0 Å². The normalized spacial score (nSPS) is 31.2. The molecule has 1 heteroatoms. The van der Waals surface area contributed by atoms with Gasteiger partial charge in [-0.25, -0.2) is 0 Å². The van der Waals surface area contributed by atoms with Gasteiger partial charge in [-0.2, -0.15) is 0 Å². The van der Waals surface area contributed by atoms with Crippen LogP contribution in [0.2, 0.25) is 0 Å². The van der Waals surface area contributed by atoms with Crippen LogP contribution in [0.4, 0.5) is 0 Å². The molecule has 0 saturated heterocycles. The van der Waals surface area contributed by atoms with Gasteiger partial charge in [0.2, 0.25) is 0 Å². The Morgan fingerprint density at radius 1 is 1.50 bits per heavy atom. The lowest BCUT2D eigenvalue weighted by atomic mass is 10.2. The van der Waals surface area contributed by atoms with E-state index in [9.17, 15) is 0 Å². The topological polar surface area (TPSA) is 12.0 Å². The molecule has 1 aliphatic carbocycles. The van der Waals surface area contributed by atoms with Crippen molar-refractivity contribution >= 4 is 0 Å². The smallest absolute Gasteiger partial charge is 0.00991 e. The molecular weight excluding hydrogens is 122 g/mol. The van der Waals surface area contributed by atoms with Gasteiger partial charge in [0, 0.05) is 6.04 Å². The molecule has 2 atom stereocenters. The summed E-state index contributed by atoms with van der Waals surface area (Å²) in [4.78, 5) is 0. The quantitative estimate of drug-likeness (QED) is 0.631. The summed E-state index contributed by atoms with van der Waals surface area (Å²) in [7, 11) is 0. The Bertz CT molecular complexity index is 98.9. The third-order valence-electron chi connectivity index (χ3n) is 2.24. The molecule has 1 N–H and O–H groups in total. The lowest BCUT2D eigenvalue weighted by Crippen LogP contribution is -2.22. The summed E-state index contributed by atoms with van der Waals surface area (Å²) in [6, 6.07) is 0.868. The highest BCUT2D eigenvalue weighted by molar-refractivity contribution is 4.91. The van der Waals surface area contributed by atoms with E-state index >= 15 is 0 Å². The molecule has 1 fully saturated rings. The Hall–Kier alpha value is -0.0400. The maximum Gasteiger partial charge on any atom is 0.00991 e. The zero-order chi connectivity index (χ0) is 7.56. The highest BCUT2D eigenvalue weighted by Gasteiger charge is 2.34. The van der Waals surface area contributed by atoms with Crippen LogP contribution < -0.4 is 5.32 Å². The van der Waals surface area contributed by atoms with Crippen LogP contribution in [0.1, 0.15) is 33.6 Å². The SMILES string of the molecule is CCC1CC1NCC(C)C. The average Bonchev–Trinajstić information content (AvgIpc) is 2.61. The Morgan fingerprint density at radius 2 is 2.20 bits per heavy atom. The van der Waals surface area contributed by atoms with Crippen LogP contribution in [-0.2, 0) is 0 Å². The van der Waals surface area contributed by atoms with Crippen molar-refractivity contribution in [2.75, 3.05) is 6.54 Å². The minimum absolute atomic E-state index is 0.804. The highest BCUT2D eigenvalue weighted by Crippen LogP contribution is 2.32. The van der Waals surface area contributed by atoms with Gasteiger partial charge in [0.05, 0.1) is 0 Å². The lowest BCUT2D eigenvalue weighted by Gasteiger charge is -2.05. The first-order valence-corrected chi connectivity index (χ1v) is 4.47. The summed E-state index contributed by atoms with van der Waals surface area (Å²) in [6.07, 6.45) is 2.78. The molecule has 0 heterocycles. The van der Waals surface area contributed by atoms with Gasteiger partial charge in [0.15, 0.2) is 0 Å². The van der Waals surface area contributed by atoms with Crippen molar-refractivity contribution in [2.45, 2.75) is 39.7 Å². The largest absolute Gasteiger partial charge is 0.313 e. The predicted molar refractivity (Wildman–Crippen MR) is 45.0 cm³/mol. The third kappa shape index (κ3) is 2.30. The summed E-state index contributed by atoms with van der Waals surface area (Å²) in [6.45, 7) is 8.00. The molecule has 0 aliphatic heterocycles. The Labute approximate surface area is 64.2 Å². The van der Waals surface area contributed by atoms with Crippen molar-refractivity contribution in [2.24, 2.45) is 11.8 Å². The summed E-state index contributed by atoms with van der Waals surface area (Å²) >= 11 is 0. The fraction of sp³-hybridized carbons (Fsp3) is 1.00. The molecule has 1 aliphatic rings. The first-order valence-electron chi connectivity index (χ1n) is 4.47. The fourth-order valence-electron chi connectivity index (χ4n) is 1.34. The second-order valence-corrected chi connectivity index (χ2v) is 3.81. The Balaban J connectivity index is 1.96. The molecule has 0 radical (unpaired) electrons. The van der Waals surface area contributed by atoms with Gasteiger partial charge in [-0.3, -0.25) is 0 Å². The molecule has 0 amide bonds. The first kappa shape index (κ1) is 8.06. The van der Waals surface area contributed by atoms with E-state index in [1.165, 1.54) is 19.4 Å². The van der Waals surface area contributed by atoms with Crippen LogP contribution in [0.3, 0.4) is 0 Å². The van der Waals surface area contributed by atoms with Gasteiger partial charge in [0.25, 0.3) is 0 Å². The number of hydrogen-bond donors (Lipinski definition) is 1. The third-order valence-corrected chi connectivity index (χ3v) is 2.24. The van der Waals surface area contributed by atoms with Crippen LogP contribution in [0.15, 0.2) is 0 Å². The maximum atomic E-state index is 3.56. The Morgan fingerprint density at radius 3 is 2.60 bits per heavy atom. The molecule has 1 saturated carbocycles. The van der Waals surface area contributed by atoms with Crippen molar-refractivity contribution in [3.05, 3.63) is 0 Å². The number of hydrogen-bond acceptors (Lipinski definition) is 1. The number of rotatable bonds is 4. The van der Waals surface area contributed by atoms with E-state index < -0.39 is 0 Å². The zero-order valence-corrected chi connectivity index (χ0v) is 7.35. The van der Waals surface area contributed by atoms with Crippen LogP contribution >= 0.6 is 0 Å². The second kappa shape index (κ2) is 3.38. The Kier molecular flexibility index (Phi) is 2.72. The van der Waals surface area contributed by atoms with Gasteiger partial charge in [-0.15, -0.1) is 0 Å². The minimum Gasteiger partial charge on any atom is -0.313 e. The van der Waals surface area contributed by atoms with Crippen molar-refractivity contribution in [1.82, 2.24) is 5.32 Å². The van der Waals surface area contributed by atoms with E-state index in [1.54, 1.807) is 0 Å². The van der Waals surface area contributed by atoms with E-state index in [0.29, 0.717) is 0 Å². The molecule has 10 heavy (non-hydrogen) atoms. The second-order valence-electron chi connectivity index (χ2n) is 3.81. The number of nitrogens with one attached hydrogen (secondary N) is 1. The summed E-state index contributed by atoms with van der Waals surface area (Å²) in [5, 5.41) is 3.56. The maximum absolute atomic E-state index is 3.56. The van der Waals surface area contributed by atoms with Gasteiger partial charge in [-0.1, -0.05) is 27.2 Å². The lowest BCUT2D eigenvalue weighted by molar-refractivity contribution is 0.530. The van der Waals surface area contributed by atoms with Crippen molar-refractivity contribution < 1.29 is 0 Å². The van der Waals surface area contributed by atoms with Gasteiger partial charge in [-0.05, 0) is 24.8 Å². The van der Waals surface area contributed by atoms with Gasteiger partial charge in [0.1, 0.15) is 0 Å². The molecule has 2 unspecified atom stereocenters. The molecule has 1 nitrogen and oxygen atoms in total. The van der Waals surface area contributed by atoms with Crippen LogP contribution in [0, 0.1) is 11.8 Å². The highest BCUT2D eigenvalue weighted by atomic mass is 15.0. The molecule has 60 valence electrons. The first-order chi connectivity index (χ1) is 4.74. The molecule has 0 aromatic rings. The summed E-state index contributed by atoms with van der Waals surface area (Å²) in [5.41, 5.74) is 0. The van der Waals surface area contributed by atoms with Crippen LogP contribution in [0.25, 0.3) is 0 Å². The van der Waals surface area contributed by atoms with Crippen LogP contribution in [-0.4, -0.2) is 12.6 Å². The molecule has 1 rings (SSSR count). The summed E-state index contributed by atoms with van der Waals surface area (Å²) in [5.74, 6) is 1.80. The molecule has 0 aromatic heterocycles.